The zero-order valence-corrected chi connectivity index (χ0v) is 17.8. The molecular formula is C24H21F3N4O2. The smallest absolute Gasteiger partial charge is 0.324 e. The molecule has 1 aliphatic heterocycles. The van der Waals surface area contributed by atoms with Crippen molar-refractivity contribution in [3.63, 3.8) is 0 Å². The van der Waals surface area contributed by atoms with Crippen LogP contribution in [0.15, 0.2) is 55.0 Å². The van der Waals surface area contributed by atoms with E-state index < -0.39 is 18.1 Å². The summed E-state index contributed by atoms with van der Waals surface area (Å²) in [6, 6.07) is 10.1. The summed E-state index contributed by atoms with van der Waals surface area (Å²) >= 11 is 0. The summed E-state index contributed by atoms with van der Waals surface area (Å²) in [6.45, 7) is 1.64. The number of hydrogen-bond donors (Lipinski definition) is 1. The maximum atomic E-state index is 12.9. The van der Waals surface area contributed by atoms with Gasteiger partial charge in [0.25, 0.3) is 0 Å². The van der Waals surface area contributed by atoms with Crippen LogP contribution in [0.5, 0.6) is 0 Å². The van der Waals surface area contributed by atoms with E-state index in [2.05, 4.69) is 15.3 Å². The van der Waals surface area contributed by atoms with Crippen molar-refractivity contribution in [2.75, 3.05) is 18.4 Å². The minimum atomic E-state index is -4.30. The van der Waals surface area contributed by atoms with Gasteiger partial charge in [-0.2, -0.15) is 13.2 Å². The summed E-state index contributed by atoms with van der Waals surface area (Å²) in [4.78, 5) is 33.0. The first-order valence-corrected chi connectivity index (χ1v) is 10.3. The molecule has 4 rings (SSSR count). The lowest BCUT2D eigenvalue weighted by molar-refractivity contribution is -0.169. The number of aldehydes is 1. The molecule has 3 heterocycles. The van der Waals surface area contributed by atoms with Crippen molar-refractivity contribution < 1.29 is 22.8 Å². The van der Waals surface area contributed by atoms with Gasteiger partial charge in [-0.05, 0) is 60.4 Å². The summed E-state index contributed by atoms with van der Waals surface area (Å²) in [5, 5.41) is 2.71. The van der Waals surface area contributed by atoms with Gasteiger partial charge < -0.3 is 10.2 Å². The molecule has 33 heavy (non-hydrogen) atoms. The molecule has 1 saturated heterocycles. The summed E-state index contributed by atoms with van der Waals surface area (Å²) in [6.07, 6.45) is 1.20. The van der Waals surface area contributed by atoms with Gasteiger partial charge in [-0.3, -0.25) is 14.8 Å². The number of alkyl halides is 3. The highest BCUT2D eigenvalue weighted by molar-refractivity contribution is 5.91. The van der Waals surface area contributed by atoms with E-state index in [-0.39, 0.29) is 19.5 Å². The van der Waals surface area contributed by atoms with E-state index in [1.165, 1.54) is 4.90 Å². The highest BCUT2D eigenvalue weighted by atomic mass is 19.4. The number of aryl methyl sites for hydroxylation is 1. The maximum Gasteiger partial charge on any atom is 0.393 e. The van der Waals surface area contributed by atoms with Gasteiger partial charge in [-0.15, -0.1) is 0 Å². The minimum Gasteiger partial charge on any atom is -0.324 e. The first-order chi connectivity index (χ1) is 15.7. The molecule has 1 aliphatic rings. The van der Waals surface area contributed by atoms with E-state index in [1.54, 1.807) is 42.9 Å². The standard InChI is InChI=1S/C24H21F3N4O2/c1-15-2-3-20(30-23(33)31-7-5-19(13-31)24(25,26)27)10-22(15)18-8-17(11-28-12-18)16-4-6-29-21(9-16)14-32/h2-4,6,8-12,14,19H,5,7,13H2,1H3,(H,30,33). The van der Waals surface area contributed by atoms with E-state index in [0.29, 0.717) is 17.7 Å². The molecule has 9 heteroatoms. The number of likely N-dealkylation sites (tertiary alicyclic amines) is 1. The number of nitrogens with one attached hydrogen (secondary N) is 1. The lowest BCUT2D eigenvalue weighted by Crippen LogP contribution is -2.35. The normalized spacial score (nSPS) is 16.0. The number of halogens is 3. The van der Waals surface area contributed by atoms with Gasteiger partial charge in [0.1, 0.15) is 5.69 Å². The maximum absolute atomic E-state index is 12.9. The van der Waals surface area contributed by atoms with Crippen molar-refractivity contribution in [1.29, 1.82) is 0 Å². The van der Waals surface area contributed by atoms with Gasteiger partial charge in [0, 0.05) is 48.5 Å². The highest BCUT2D eigenvalue weighted by Gasteiger charge is 2.44. The Labute approximate surface area is 188 Å². The fourth-order valence-electron chi connectivity index (χ4n) is 3.86. The Hall–Kier alpha value is -3.75. The summed E-state index contributed by atoms with van der Waals surface area (Å²) < 4.78 is 38.8. The molecule has 0 spiro atoms. The van der Waals surface area contributed by atoms with Crippen LogP contribution >= 0.6 is 0 Å². The topological polar surface area (TPSA) is 75.2 Å². The SMILES string of the molecule is Cc1ccc(NC(=O)N2CCC(C(F)(F)F)C2)cc1-c1cncc(-c2ccnc(C=O)c2)c1. The first kappa shape index (κ1) is 22.4. The fourth-order valence-corrected chi connectivity index (χ4v) is 3.86. The number of nitrogens with zero attached hydrogens (tertiary/aromatic N) is 3. The summed E-state index contributed by atoms with van der Waals surface area (Å²) in [5.74, 6) is -1.49. The molecule has 0 aliphatic carbocycles. The number of pyridine rings is 2. The fraction of sp³-hybridized carbons (Fsp3) is 0.250. The number of carbonyl (C=O) groups is 2. The van der Waals surface area contributed by atoms with Crippen LogP contribution in [0.3, 0.4) is 0 Å². The first-order valence-electron chi connectivity index (χ1n) is 10.3. The van der Waals surface area contributed by atoms with Crippen LogP contribution in [0, 0.1) is 12.8 Å². The second kappa shape index (κ2) is 9.01. The summed E-state index contributed by atoms with van der Waals surface area (Å²) in [5.41, 5.74) is 4.93. The molecule has 2 aromatic heterocycles. The van der Waals surface area contributed by atoms with Crippen molar-refractivity contribution >= 4 is 18.0 Å². The number of rotatable bonds is 4. The monoisotopic (exact) mass is 454 g/mol. The van der Waals surface area contributed by atoms with Crippen molar-refractivity contribution in [1.82, 2.24) is 14.9 Å². The lowest BCUT2D eigenvalue weighted by Gasteiger charge is -2.19. The molecule has 0 saturated carbocycles. The number of benzene rings is 1. The molecule has 1 N–H and O–H groups in total. The van der Waals surface area contributed by atoms with E-state index in [1.807, 2.05) is 19.1 Å². The summed E-state index contributed by atoms with van der Waals surface area (Å²) in [7, 11) is 0. The van der Waals surface area contributed by atoms with Crippen molar-refractivity contribution in [3.05, 3.63) is 66.2 Å². The van der Waals surface area contributed by atoms with Gasteiger partial charge in [-0.1, -0.05) is 6.07 Å². The number of hydrogen-bond acceptors (Lipinski definition) is 4. The van der Waals surface area contributed by atoms with Crippen LogP contribution in [-0.2, 0) is 0 Å². The van der Waals surface area contributed by atoms with Crippen LogP contribution in [0.1, 0.15) is 22.5 Å². The quantitative estimate of drug-likeness (QED) is 0.540. The molecule has 0 bridgehead atoms. The van der Waals surface area contributed by atoms with Gasteiger partial charge >= 0.3 is 12.2 Å². The Bertz CT molecular complexity index is 1200. The molecule has 170 valence electrons. The third-order valence-corrected chi connectivity index (χ3v) is 5.71. The van der Waals surface area contributed by atoms with Crippen LogP contribution in [0.2, 0.25) is 0 Å². The third-order valence-electron chi connectivity index (χ3n) is 5.71. The van der Waals surface area contributed by atoms with Crippen LogP contribution < -0.4 is 5.32 Å². The van der Waals surface area contributed by atoms with Crippen molar-refractivity contribution in [2.45, 2.75) is 19.5 Å². The Kier molecular flexibility index (Phi) is 6.13. The average Bonchev–Trinajstić information content (AvgIpc) is 3.32. The molecule has 0 radical (unpaired) electrons. The van der Waals surface area contributed by atoms with E-state index in [9.17, 15) is 22.8 Å². The molecule has 2 amide bonds. The number of urea groups is 1. The third kappa shape index (κ3) is 5.02. The van der Waals surface area contributed by atoms with Crippen molar-refractivity contribution in [3.8, 4) is 22.3 Å². The largest absolute Gasteiger partial charge is 0.393 e. The second-order valence-corrected chi connectivity index (χ2v) is 7.98. The molecule has 3 aromatic rings. The van der Waals surface area contributed by atoms with Crippen LogP contribution in [0.25, 0.3) is 22.3 Å². The van der Waals surface area contributed by atoms with Crippen LogP contribution in [0.4, 0.5) is 23.7 Å². The molecule has 6 nitrogen and oxygen atoms in total. The van der Waals surface area contributed by atoms with Crippen molar-refractivity contribution in [2.24, 2.45) is 5.92 Å². The number of amides is 2. The number of carbonyl (C=O) groups excluding carboxylic acids is 2. The highest BCUT2D eigenvalue weighted by Crippen LogP contribution is 2.34. The van der Waals surface area contributed by atoms with E-state index in [0.717, 1.165) is 27.8 Å². The van der Waals surface area contributed by atoms with E-state index in [4.69, 9.17) is 0 Å². The van der Waals surface area contributed by atoms with E-state index >= 15 is 0 Å². The van der Waals surface area contributed by atoms with Gasteiger partial charge in [0.2, 0.25) is 0 Å². The molecular weight excluding hydrogens is 433 g/mol. The van der Waals surface area contributed by atoms with Gasteiger partial charge in [-0.25, -0.2) is 4.79 Å². The molecule has 1 unspecified atom stereocenters. The van der Waals surface area contributed by atoms with Gasteiger partial charge in [0.15, 0.2) is 6.29 Å². The van der Waals surface area contributed by atoms with Gasteiger partial charge in [0.05, 0.1) is 5.92 Å². The second-order valence-electron chi connectivity index (χ2n) is 7.98. The number of aromatic nitrogens is 2. The Morgan fingerprint density at radius 1 is 1.12 bits per heavy atom. The number of anilines is 1. The zero-order chi connectivity index (χ0) is 23.6. The Balaban J connectivity index is 1.56. The molecule has 1 fully saturated rings. The van der Waals surface area contributed by atoms with Crippen LogP contribution in [-0.4, -0.2) is 46.5 Å². The molecule has 1 atom stereocenters. The molecule has 1 aromatic carbocycles. The Morgan fingerprint density at radius 2 is 1.91 bits per heavy atom. The predicted octanol–water partition coefficient (Wildman–Crippen LogP) is 5.35. The Morgan fingerprint density at radius 3 is 2.64 bits per heavy atom. The lowest BCUT2D eigenvalue weighted by atomic mass is 9.98. The average molecular weight is 454 g/mol. The minimum absolute atomic E-state index is 0.0649. The zero-order valence-electron chi connectivity index (χ0n) is 17.8. The predicted molar refractivity (Wildman–Crippen MR) is 118 cm³/mol.